The first-order chi connectivity index (χ1) is 12.2. The van der Waals surface area contributed by atoms with Crippen molar-refractivity contribution >= 4 is 17.0 Å². The van der Waals surface area contributed by atoms with Gasteiger partial charge in [-0.15, -0.1) is 0 Å². The van der Waals surface area contributed by atoms with E-state index in [9.17, 15) is 4.79 Å². The topological polar surface area (TPSA) is 83.0 Å². The summed E-state index contributed by atoms with van der Waals surface area (Å²) in [5.74, 6) is 0.365. The van der Waals surface area contributed by atoms with Crippen molar-refractivity contribution in [2.45, 2.75) is 0 Å². The molecule has 4 rings (SSSR count). The minimum atomic E-state index is -0.848. The van der Waals surface area contributed by atoms with Gasteiger partial charge in [-0.2, -0.15) is 5.10 Å². The van der Waals surface area contributed by atoms with Crippen LogP contribution in [0, 0.1) is 0 Å². The Hall–Kier alpha value is -3.67. The summed E-state index contributed by atoms with van der Waals surface area (Å²) in [6.45, 7) is 0. The van der Waals surface area contributed by atoms with Crippen molar-refractivity contribution in [2.24, 2.45) is 5.73 Å². The molecule has 6 nitrogen and oxygen atoms in total. The zero-order chi connectivity index (χ0) is 17.2. The molecular weight excluding hydrogens is 316 g/mol. The molecule has 6 heteroatoms. The van der Waals surface area contributed by atoms with Crippen LogP contribution in [0.2, 0.25) is 0 Å². The van der Waals surface area contributed by atoms with Gasteiger partial charge in [0.25, 0.3) is 0 Å². The summed E-state index contributed by atoms with van der Waals surface area (Å²) in [4.78, 5) is 15.2. The molecule has 0 fully saturated rings. The molecule has 0 unspecified atom stereocenters. The number of para-hydroxylation sites is 1. The molecule has 122 valence electrons. The third kappa shape index (κ3) is 2.92. The molecule has 4 aromatic rings. The number of hydrogen-bond donors (Lipinski definition) is 1. The zero-order valence-electron chi connectivity index (χ0n) is 13.2. The van der Waals surface area contributed by atoms with Crippen molar-refractivity contribution in [2.75, 3.05) is 0 Å². The Kier molecular flexibility index (Phi) is 3.63. The quantitative estimate of drug-likeness (QED) is 0.623. The second-order valence-electron chi connectivity index (χ2n) is 5.47. The number of primary amides is 1. The minimum absolute atomic E-state index is 0.365. The first-order valence-electron chi connectivity index (χ1n) is 7.67. The minimum Gasteiger partial charge on any atom is -0.410 e. The molecule has 0 aliphatic carbocycles. The van der Waals surface area contributed by atoms with Gasteiger partial charge in [-0.25, -0.2) is 9.48 Å². The second kappa shape index (κ2) is 6.09. The summed E-state index contributed by atoms with van der Waals surface area (Å²) in [6, 6.07) is 17.1. The Labute approximate surface area is 143 Å². The number of fused-ring (bicyclic) bond motifs is 1. The Balaban J connectivity index is 1.77. The monoisotopic (exact) mass is 330 g/mol. The summed E-state index contributed by atoms with van der Waals surface area (Å²) < 4.78 is 6.74. The van der Waals surface area contributed by atoms with E-state index in [1.165, 1.54) is 0 Å². The van der Waals surface area contributed by atoms with Crippen LogP contribution in [0.5, 0.6) is 5.75 Å². The lowest BCUT2D eigenvalue weighted by Gasteiger charge is -2.06. The molecular formula is C19H14N4O2. The zero-order valence-corrected chi connectivity index (χ0v) is 13.2. The highest BCUT2D eigenvalue weighted by Crippen LogP contribution is 2.29. The maximum atomic E-state index is 10.9. The number of nitrogens with zero attached hydrogens (tertiary/aromatic N) is 3. The number of hydrogen-bond acceptors (Lipinski definition) is 4. The van der Waals surface area contributed by atoms with E-state index in [0.29, 0.717) is 11.3 Å². The van der Waals surface area contributed by atoms with Gasteiger partial charge in [0.1, 0.15) is 5.75 Å². The van der Waals surface area contributed by atoms with E-state index < -0.39 is 6.09 Å². The molecule has 2 N–H and O–H groups in total. The molecule has 0 aliphatic heterocycles. The van der Waals surface area contributed by atoms with Crippen molar-refractivity contribution in [1.82, 2.24) is 14.8 Å². The van der Waals surface area contributed by atoms with Gasteiger partial charge in [0.15, 0.2) is 0 Å². The number of pyridine rings is 1. The molecule has 2 aromatic heterocycles. The standard InChI is InChI=1S/C19H14N4O2/c20-19(24)25-15-6-7-17-16(8-9-21-18(17)10-15)13-11-22-23(12-13)14-4-2-1-3-5-14/h1-12H,(H2,20,24). The SMILES string of the molecule is NC(=O)Oc1ccc2c(-c3cnn(-c4ccccc4)c3)ccnc2c1. The number of aromatic nitrogens is 3. The second-order valence-corrected chi connectivity index (χ2v) is 5.47. The Morgan fingerprint density at radius 3 is 2.72 bits per heavy atom. The Bertz CT molecular complexity index is 1060. The predicted molar refractivity (Wildman–Crippen MR) is 94.5 cm³/mol. The van der Waals surface area contributed by atoms with Crippen molar-refractivity contribution < 1.29 is 9.53 Å². The highest BCUT2D eigenvalue weighted by atomic mass is 16.5. The molecule has 1 amide bonds. The predicted octanol–water partition coefficient (Wildman–Crippen LogP) is 3.55. The normalized spacial score (nSPS) is 10.7. The Morgan fingerprint density at radius 1 is 1.08 bits per heavy atom. The molecule has 0 aliphatic rings. The fourth-order valence-corrected chi connectivity index (χ4v) is 2.74. The molecule has 2 aromatic carbocycles. The summed E-state index contributed by atoms with van der Waals surface area (Å²) >= 11 is 0. The molecule has 0 saturated carbocycles. The lowest BCUT2D eigenvalue weighted by molar-refractivity contribution is 0.211. The number of nitrogens with two attached hydrogens (primary N) is 1. The fourth-order valence-electron chi connectivity index (χ4n) is 2.74. The lowest BCUT2D eigenvalue weighted by atomic mass is 10.0. The summed E-state index contributed by atoms with van der Waals surface area (Å²) in [5.41, 5.74) is 8.73. The number of benzene rings is 2. The third-order valence-electron chi connectivity index (χ3n) is 3.85. The van der Waals surface area contributed by atoms with Crippen LogP contribution in [-0.4, -0.2) is 20.9 Å². The number of carbonyl (C=O) groups excluding carboxylic acids is 1. The van der Waals surface area contributed by atoms with E-state index in [1.54, 1.807) is 18.3 Å². The van der Waals surface area contributed by atoms with Gasteiger partial charge in [0, 0.05) is 29.4 Å². The van der Waals surface area contributed by atoms with E-state index >= 15 is 0 Å². The maximum Gasteiger partial charge on any atom is 0.409 e. The van der Waals surface area contributed by atoms with Crippen LogP contribution in [0.3, 0.4) is 0 Å². The van der Waals surface area contributed by atoms with Crippen LogP contribution in [0.4, 0.5) is 4.79 Å². The molecule has 2 heterocycles. The van der Waals surface area contributed by atoms with Crippen LogP contribution in [-0.2, 0) is 0 Å². The smallest absolute Gasteiger partial charge is 0.409 e. The highest BCUT2D eigenvalue weighted by molar-refractivity contribution is 5.94. The average Bonchev–Trinajstić information content (AvgIpc) is 3.11. The van der Waals surface area contributed by atoms with Crippen LogP contribution in [0.25, 0.3) is 27.7 Å². The summed E-state index contributed by atoms with van der Waals surface area (Å²) in [7, 11) is 0. The van der Waals surface area contributed by atoms with E-state index in [0.717, 1.165) is 22.2 Å². The van der Waals surface area contributed by atoms with Gasteiger partial charge in [-0.05, 0) is 35.9 Å². The van der Waals surface area contributed by atoms with Gasteiger partial charge >= 0.3 is 6.09 Å². The van der Waals surface area contributed by atoms with Gasteiger partial charge < -0.3 is 10.5 Å². The molecule has 0 radical (unpaired) electrons. The van der Waals surface area contributed by atoms with Crippen LogP contribution in [0.15, 0.2) is 73.2 Å². The molecule has 0 bridgehead atoms. The van der Waals surface area contributed by atoms with Crippen LogP contribution >= 0.6 is 0 Å². The van der Waals surface area contributed by atoms with Crippen LogP contribution < -0.4 is 10.5 Å². The fraction of sp³-hybridized carbons (Fsp3) is 0. The van der Waals surface area contributed by atoms with Crippen molar-refractivity contribution in [3.05, 3.63) is 73.2 Å². The molecule has 0 saturated heterocycles. The van der Waals surface area contributed by atoms with Crippen molar-refractivity contribution in [1.29, 1.82) is 0 Å². The summed E-state index contributed by atoms with van der Waals surface area (Å²) in [5, 5.41) is 5.37. The van der Waals surface area contributed by atoms with Gasteiger partial charge in [0.2, 0.25) is 0 Å². The van der Waals surface area contributed by atoms with Crippen molar-refractivity contribution in [3.63, 3.8) is 0 Å². The van der Waals surface area contributed by atoms with E-state index in [4.69, 9.17) is 10.5 Å². The first-order valence-corrected chi connectivity index (χ1v) is 7.67. The molecule has 25 heavy (non-hydrogen) atoms. The molecule has 0 spiro atoms. The van der Waals surface area contributed by atoms with Crippen molar-refractivity contribution in [3.8, 4) is 22.6 Å². The van der Waals surface area contributed by atoms with E-state index in [1.807, 2.05) is 59.5 Å². The average molecular weight is 330 g/mol. The van der Waals surface area contributed by atoms with E-state index in [2.05, 4.69) is 10.1 Å². The maximum absolute atomic E-state index is 10.9. The number of amides is 1. The van der Waals surface area contributed by atoms with Crippen LogP contribution in [0.1, 0.15) is 0 Å². The first kappa shape index (κ1) is 14.9. The third-order valence-corrected chi connectivity index (χ3v) is 3.85. The van der Waals surface area contributed by atoms with Gasteiger partial charge in [-0.3, -0.25) is 4.98 Å². The number of ether oxygens (including phenoxy) is 1. The van der Waals surface area contributed by atoms with Gasteiger partial charge in [-0.1, -0.05) is 18.2 Å². The highest BCUT2D eigenvalue weighted by Gasteiger charge is 2.09. The number of carbonyl (C=O) groups is 1. The summed E-state index contributed by atoms with van der Waals surface area (Å²) in [6.07, 6.45) is 4.65. The largest absolute Gasteiger partial charge is 0.410 e. The molecule has 0 atom stereocenters. The Morgan fingerprint density at radius 2 is 1.92 bits per heavy atom. The van der Waals surface area contributed by atoms with Gasteiger partial charge in [0.05, 0.1) is 17.4 Å². The number of rotatable bonds is 3. The lowest BCUT2D eigenvalue weighted by Crippen LogP contribution is -2.16. The van der Waals surface area contributed by atoms with E-state index in [-0.39, 0.29) is 0 Å².